The average Bonchev–Trinajstić information content (AvgIpc) is 2.61. The van der Waals surface area contributed by atoms with E-state index in [0.717, 1.165) is 12.3 Å². The fraction of sp³-hybridized carbons (Fsp3) is 0.417. The third-order valence-corrected chi connectivity index (χ3v) is 4.05. The highest BCUT2D eigenvalue weighted by Crippen LogP contribution is 2.35. The van der Waals surface area contributed by atoms with Gasteiger partial charge in [0.05, 0.1) is 11.4 Å². The van der Waals surface area contributed by atoms with Crippen LogP contribution in [0.4, 0.5) is 15.8 Å². The van der Waals surface area contributed by atoms with Gasteiger partial charge in [0.25, 0.3) is 5.91 Å². The summed E-state index contributed by atoms with van der Waals surface area (Å²) in [6, 6.07) is 2.48. The van der Waals surface area contributed by atoms with Crippen LogP contribution in [-0.4, -0.2) is 45.0 Å². The Hall–Kier alpha value is -1.67. The van der Waals surface area contributed by atoms with E-state index in [2.05, 4.69) is 5.32 Å². The lowest BCUT2D eigenvalue weighted by molar-refractivity contribution is -0.123. The molecule has 0 fully saturated rings. The molecule has 1 aromatic rings. The molecule has 0 radical (unpaired) electrons. The number of hydrogen-bond acceptors (Lipinski definition) is 5. The summed E-state index contributed by atoms with van der Waals surface area (Å²) in [5, 5.41) is 12.0. The van der Waals surface area contributed by atoms with E-state index < -0.39 is 27.7 Å². The van der Waals surface area contributed by atoms with Crippen LogP contribution < -0.4 is 10.2 Å². The smallest absolute Gasteiger partial charge is 0.257 e. The second-order valence-corrected chi connectivity index (χ2v) is 7.09. The maximum absolute atomic E-state index is 14.0. The minimum Gasteiger partial charge on any atom is -0.378 e. The summed E-state index contributed by atoms with van der Waals surface area (Å²) in [6.07, 6.45) is -0.258. The molecule has 110 valence electrons. The minimum absolute atomic E-state index is 0.102. The van der Waals surface area contributed by atoms with Gasteiger partial charge in [0.2, 0.25) is 0 Å². The number of fused-ring (bicyclic) bond motifs is 1. The third kappa shape index (κ3) is 2.91. The molecule has 1 aromatic carbocycles. The Kier molecular flexibility index (Phi) is 3.70. The number of halogens is 1. The normalized spacial score (nSPS) is 17.8. The molecule has 1 aliphatic rings. The van der Waals surface area contributed by atoms with Crippen LogP contribution in [0.15, 0.2) is 12.1 Å². The summed E-state index contributed by atoms with van der Waals surface area (Å²) in [5.74, 6) is -1.32. The van der Waals surface area contributed by atoms with Gasteiger partial charge in [-0.15, -0.1) is 0 Å². The Balaban J connectivity index is 2.26. The van der Waals surface area contributed by atoms with E-state index in [-0.39, 0.29) is 23.5 Å². The van der Waals surface area contributed by atoms with Crippen molar-refractivity contribution in [2.75, 3.05) is 35.8 Å². The predicted molar refractivity (Wildman–Crippen MR) is 73.0 cm³/mol. The number of amides is 1. The van der Waals surface area contributed by atoms with Gasteiger partial charge in [-0.1, -0.05) is 0 Å². The van der Waals surface area contributed by atoms with Crippen molar-refractivity contribution < 1.29 is 22.7 Å². The highest BCUT2D eigenvalue weighted by molar-refractivity contribution is 7.90. The van der Waals surface area contributed by atoms with Gasteiger partial charge in [-0.2, -0.15) is 0 Å². The van der Waals surface area contributed by atoms with Crippen LogP contribution in [-0.2, 0) is 14.6 Å². The maximum Gasteiger partial charge on any atom is 0.257 e. The van der Waals surface area contributed by atoms with Crippen molar-refractivity contribution in [1.29, 1.82) is 0 Å². The van der Waals surface area contributed by atoms with Crippen molar-refractivity contribution in [3.05, 3.63) is 23.5 Å². The number of anilines is 2. The zero-order valence-electron chi connectivity index (χ0n) is 11.1. The molecule has 1 heterocycles. The van der Waals surface area contributed by atoms with Gasteiger partial charge in [0.15, 0.2) is 6.10 Å². The number of rotatable bonds is 4. The number of nitrogens with zero attached hydrogens (tertiary/aromatic N) is 1. The Morgan fingerprint density at radius 3 is 2.70 bits per heavy atom. The molecular weight excluding hydrogens is 287 g/mol. The highest BCUT2D eigenvalue weighted by atomic mass is 32.2. The lowest BCUT2D eigenvalue weighted by Crippen LogP contribution is -2.25. The molecule has 0 bridgehead atoms. The number of aliphatic hydroxyl groups excluding tert-OH is 1. The maximum atomic E-state index is 14.0. The lowest BCUT2D eigenvalue weighted by atomic mass is 10.1. The van der Waals surface area contributed by atoms with E-state index >= 15 is 0 Å². The number of nitrogens with one attached hydrogen (secondary N) is 1. The number of aliphatic hydroxyl groups is 1. The Morgan fingerprint density at radius 1 is 1.45 bits per heavy atom. The van der Waals surface area contributed by atoms with E-state index in [1.54, 1.807) is 7.05 Å². The fourth-order valence-corrected chi connectivity index (χ4v) is 2.58. The summed E-state index contributed by atoms with van der Waals surface area (Å²) in [5.41, 5.74) is 0.694. The number of sulfone groups is 1. The summed E-state index contributed by atoms with van der Waals surface area (Å²) >= 11 is 0. The third-order valence-electron chi connectivity index (χ3n) is 3.13. The molecule has 0 aliphatic carbocycles. The van der Waals surface area contributed by atoms with E-state index in [0.29, 0.717) is 5.69 Å². The molecule has 2 rings (SSSR count). The van der Waals surface area contributed by atoms with Gasteiger partial charge in [0, 0.05) is 31.1 Å². The van der Waals surface area contributed by atoms with Gasteiger partial charge < -0.3 is 15.3 Å². The first-order valence-corrected chi connectivity index (χ1v) is 7.96. The van der Waals surface area contributed by atoms with Crippen LogP contribution >= 0.6 is 0 Å². The fourth-order valence-electron chi connectivity index (χ4n) is 1.97. The Morgan fingerprint density at radius 2 is 2.10 bits per heavy atom. The molecule has 0 aromatic heterocycles. The number of carbonyl (C=O) groups is 1. The zero-order valence-corrected chi connectivity index (χ0v) is 11.9. The van der Waals surface area contributed by atoms with Crippen LogP contribution in [0.5, 0.6) is 0 Å². The molecular formula is C12H15FN2O4S. The SMILES string of the molecule is CN(CCS(C)(=O)=O)c1cc2c(cc1F)C(O)C(=O)N2. The number of benzene rings is 1. The summed E-state index contributed by atoms with van der Waals surface area (Å²) in [7, 11) is -1.58. The molecule has 1 amide bonds. The van der Waals surface area contributed by atoms with Crippen molar-refractivity contribution in [1.82, 2.24) is 0 Å². The van der Waals surface area contributed by atoms with E-state index in [1.807, 2.05) is 0 Å². The second kappa shape index (κ2) is 5.02. The van der Waals surface area contributed by atoms with Crippen LogP contribution in [0.3, 0.4) is 0 Å². The standard InChI is InChI=1S/C12H15FN2O4S/c1-15(3-4-20(2,18)19)10-6-9-7(5-8(10)13)11(16)12(17)14-9/h5-6,11,16H,3-4H2,1-2H3,(H,14,17). The van der Waals surface area contributed by atoms with E-state index in [1.165, 1.54) is 11.0 Å². The average molecular weight is 302 g/mol. The Labute approximate surface area is 116 Å². The van der Waals surface area contributed by atoms with Crippen molar-refractivity contribution in [2.24, 2.45) is 0 Å². The van der Waals surface area contributed by atoms with Crippen molar-refractivity contribution in [3.8, 4) is 0 Å². The van der Waals surface area contributed by atoms with E-state index in [9.17, 15) is 22.7 Å². The quantitative estimate of drug-likeness (QED) is 0.835. The molecule has 6 nitrogen and oxygen atoms in total. The molecule has 0 saturated carbocycles. The second-order valence-electron chi connectivity index (χ2n) is 4.83. The zero-order chi connectivity index (χ0) is 15.1. The molecule has 8 heteroatoms. The summed E-state index contributed by atoms with van der Waals surface area (Å²) < 4.78 is 36.2. The van der Waals surface area contributed by atoms with Crippen LogP contribution in [0.2, 0.25) is 0 Å². The van der Waals surface area contributed by atoms with Crippen molar-refractivity contribution >= 4 is 27.1 Å². The molecule has 1 atom stereocenters. The van der Waals surface area contributed by atoms with Gasteiger partial charge in [-0.25, -0.2) is 12.8 Å². The van der Waals surface area contributed by atoms with E-state index in [4.69, 9.17) is 0 Å². The highest BCUT2D eigenvalue weighted by Gasteiger charge is 2.30. The first kappa shape index (κ1) is 14.7. The molecule has 1 unspecified atom stereocenters. The Bertz CT molecular complexity index is 660. The molecule has 2 N–H and O–H groups in total. The lowest BCUT2D eigenvalue weighted by Gasteiger charge is -2.20. The van der Waals surface area contributed by atoms with Gasteiger partial charge in [0.1, 0.15) is 15.7 Å². The van der Waals surface area contributed by atoms with Crippen LogP contribution in [0, 0.1) is 5.82 Å². The predicted octanol–water partition coefficient (Wildman–Crippen LogP) is 0.292. The molecule has 0 saturated heterocycles. The van der Waals surface area contributed by atoms with Crippen molar-refractivity contribution in [3.63, 3.8) is 0 Å². The van der Waals surface area contributed by atoms with Crippen molar-refractivity contribution in [2.45, 2.75) is 6.10 Å². The number of hydrogen-bond donors (Lipinski definition) is 2. The van der Waals surface area contributed by atoms with Crippen LogP contribution in [0.25, 0.3) is 0 Å². The monoisotopic (exact) mass is 302 g/mol. The number of carbonyl (C=O) groups excluding carboxylic acids is 1. The van der Waals surface area contributed by atoms with Gasteiger partial charge >= 0.3 is 0 Å². The first-order chi connectivity index (χ1) is 9.19. The molecule has 20 heavy (non-hydrogen) atoms. The van der Waals surface area contributed by atoms with Crippen LogP contribution in [0.1, 0.15) is 11.7 Å². The minimum atomic E-state index is -3.14. The van der Waals surface area contributed by atoms with Gasteiger partial charge in [-0.05, 0) is 12.1 Å². The first-order valence-electron chi connectivity index (χ1n) is 5.90. The molecule has 0 spiro atoms. The largest absolute Gasteiger partial charge is 0.378 e. The topological polar surface area (TPSA) is 86.7 Å². The summed E-state index contributed by atoms with van der Waals surface area (Å²) in [6.45, 7) is 0.130. The van der Waals surface area contributed by atoms with Gasteiger partial charge in [-0.3, -0.25) is 4.79 Å². The molecule has 1 aliphatic heterocycles. The summed E-state index contributed by atoms with van der Waals surface area (Å²) in [4.78, 5) is 12.8.